The number of rotatable bonds is 6. The van der Waals surface area contributed by atoms with E-state index in [9.17, 15) is 14.4 Å². The molecule has 2 atom stereocenters. The van der Waals surface area contributed by atoms with E-state index in [1.54, 1.807) is 60.5 Å². The van der Waals surface area contributed by atoms with Crippen LogP contribution in [0.4, 0.5) is 0 Å². The van der Waals surface area contributed by atoms with Gasteiger partial charge >= 0.3 is 11.9 Å². The Morgan fingerprint density at radius 3 is 1.78 bits per heavy atom. The van der Waals surface area contributed by atoms with Crippen LogP contribution in [0.3, 0.4) is 0 Å². The lowest BCUT2D eigenvalue weighted by atomic mass is 9.75. The molecule has 0 spiro atoms. The van der Waals surface area contributed by atoms with Gasteiger partial charge in [-0.05, 0) is 53.2 Å². The molecule has 0 heterocycles. The standard InChI is InChI=1S/C25H43NO5Si/c1-13-14-16-17(21(27)26(8)9)15-18(32(10,11)12)20(23(29)31-25(5,6)7)19(16)22(28)30-24(2,3)4/h15-17H,13-14H2,1-12H3/t16-,17+/m1/s1. The number of hydrogen-bond donors (Lipinski definition) is 0. The molecule has 1 amide bonds. The second-order valence-electron chi connectivity index (χ2n) is 11.8. The molecule has 0 aliphatic heterocycles. The van der Waals surface area contributed by atoms with Gasteiger partial charge in [0.2, 0.25) is 5.91 Å². The number of carbonyl (C=O) groups excluding carboxylic acids is 3. The summed E-state index contributed by atoms with van der Waals surface area (Å²) in [6.07, 6.45) is 3.27. The fourth-order valence-electron chi connectivity index (χ4n) is 3.83. The third kappa shape index (κ3) is 7.32. The molecule has 7 heteroatoms. The molecular formula is C25H43NO5Si. The molecule has 6 nitrogen and oxygen atoms in total. The van der Waals surface area contributed by atoms with E-state index >= 15 is 0 Å². The van der Waals surface area contributed by atoms with Crippen molar-refractivity contribution in [3.63, 3.8) is 0 Å². The van der Waals surface area contributed by atoms with Crippen molar-refractivity contribution < 1.29 is 23.9 Å². The molecular weight excluding hydrogens is 422 g/mol. The smallest absolute Gasteiger partial charge is 0.339 e. The zero-order valence-electron chi connectivity index (χ0n) is 22.1. The molecule has 0 saturated carbocycles. The summed E-state index contributed by atoms with van der Waals surface area (Å²) in [6, 6.07) is 0. The van der Waals surface area contributed by atoms with Crippen molar-refractivity contribution in [1.29, 1.82) is 0 Å². The SMILES string of the molecule is CCC[C@H]1C(C(=O)OC(C)(C)C)=C(C(=O)OC(C)(C)C)C([Si](C)(C)C)=C[C@@H]1C(=O)N(C)C. The molecule has 0 radical (unpaired) electrons. The van der Waals surface area contributed by atoms with Crippen LogP contribution in [0.25, 0.3) is 0 Å². The second kappa shape index (κ2) is 9.94. The molecule has 0 aromatic carbocycles. The molecule has 0 fully saturated rings. The lowest BCUT2D eigenvalue weighted by molar-refractivity contribution is -0.154. The molecule has 0 unspecified atom stereocenters. The van der Waals surface area contributed by atoms with E-state index in [0.29, 0.717) is 12.0 Å². The van der Waals surface area contributed by atoms with E-state index in [4.69, 9.17) is 9.47 Å². The quantitative estimate of drug-likeness (QED) is 0.412. The van der Waals surface area contributed by atoms with Gasteiger partial charge in [0.15, 0.2) is 0 Å². The van der Waals surface area contributed by atoms with Crippen LogP contribution in [0.5, 0.6) is 0 Å². The summed E-state index contributed by atoms with van der Waals surface area (Å²) in [7, 11) is 1.28. The molecule has 1 aliphatic rings. The zero-order valence-corrected chi connectivity index (χ0v) is 23.1. The molecule has 1 rings (SSSR count). The number of amides is 1. The molecule has 0 saturated heterocycles. The van der Waals surface area contributed by atoms with Gasteiger partial charge in [-0.2, -0.15) is 0 Å². The van der Waals surface area contributed by atoms with Gasteiger partial charge < -0.3 is 14.4 Å². The Labute approximate surface area is 195 Å². The molecule has 182 valence electrons. The Morgan fingerprint density at radius 1 is 0.938 bits per heavy atom. The summed E-state index contributed by atoms with van der Waals surface area (Å²) < 4.78 is 11.5. The zero-order chi connectivity index (χ0) is 25.2. The van der Waals surface area contributed by atoms with Gasteiger partial charge in [-0.3, -0.25) is 4.79 Å². The number of hydrogen-bond acceptors (Lipinski definition) is 5. The predicted octanol–water partition coefficient (Wildman–Crippen LogP) is 4.90. The highest BCUT2D eigenvalue weighted by atomic mass is 28.3. The maximum absolute atomic E-state index is 13.6. The highest BCUT2D eigenvalue weighted by molar-refractivity contribution is 6.84. The summed E-state index contributed by atoms with van der Waals surface area (Å²) in [4.78, 5) is 41.8. The third-order valence-corrected chi connectivity index (χ3v) is 7.08. The first-order valence-corrected chi connectivity index (χ1v) is 14.9. The lowest BCUT2D eigenvalue weighted by Crippen LogP contribution is -2.43. The van der Waals surface area contributed by atoms with Crippen molar-refractivity contribution >= 4 is 25.9 Å². The van der Waals surface area contributed by atoms with Gasteiger partial charge in [-0.1, -0.05) is 39.1 Å². The van der Waals surface area contributed by atoms with Crippen molar-refractivity contribution in [2.24, 2.45) is 11.8 Å². The summed E-state index contributed by atoms with van der Waals surface area (Å²) in [6.45, 7) is 19.1. The Bertz CT molecular complexity index is 804. The van der Waals surface area contributed by atoms with E-state index in [1.807, 2.05) is 13.0 Å². The fraction of sp³-hybridized carbons (Fsp3) is 0.720. The first-order chi connectivity index (χ1) is 14.3. The number of ether oxygens (including phenoxy) is 2. The average Bonchev–Trinajstić information content (AvgIpc) is 2.56. The lowest BCUT2D eigenvalue weighted by Gasteiger charge is -2.38. The van der Waals surface area contributed by atoms with Crippen molar-refractivity contribution in [2.75, 3.05) is 14.1 Å². The third-order valence-electron chi connectivity index (χ3n) is 5.04. The van der Waals surface area contributed by atoms with E-state index in [0.717, 1.165) is 11.6 Å². The predicted molar refractivity (Wildman–Crippen MR) is 131 cm³/mol. The van der Waals surface area contributed by atoms with Crippen LogP contribution in [0.15, 0.2) is 22.4 Å². The monoisotopic (exact) mass is 465 g/mol. The van der Waals surface area contributed by atoms with E-state index in [1.165, 1.54) is 0 Å². The average molecular weight is 466 g/mol. The minimum atomic E-state index is -2.16. The maximum Gasteiger partial charge on any atom is 0.339 e. The van der Waals surface area contributed by atoms with Crippen molar-refractivity contribution in [2.45, 2.75) is 92.2 Å². The van der Waals surface area contributed by atoms with Crippen LogP contribution in [-0.2, 0) is 23.9 Å². The molecule has 0 N–H and O–H groups in total. The Kier molecular flexibility index (Phi) is 8.74. The first kappa shape index (κ1) is 28.1. The summed E-state index contributed by atoms with van der Waals surface area (Å²) in [5.41, 5.74) is -0.864. The maximum atomic E-state index is 13.6. The van der Waals surface area contributed by atoms with Crippen LogP contribution in [0, 0.1) is 11.8 Å². The van der Waals surface area contributed by atoms with Crippen LogP contribution in [-0.4, -0.2) is 56.1 Å². The molecule has 1 aliphatic carbocycles. The van der Waals surface area contributed by atoms with E-state index in [2.05, 4.69) is 19.6 Å². The summed E-state index contributed by atoms with van der Waals surface area (Å²) in [5, 5.41) is 0.778. The van der Waals surface area contributed by atoms with E-state index in [-0.39, 0.29) is 11.5 Å². The minimum absolute atomic E-state index is 0.0801. The summed E-state index contributed by atoms with van der Waals surface area (Å²) >= 11 is 0. The largest absolute Gasteiger partial charge is 0.457 e. The van der Waals surface area contributed by atoms with Crippen LogP contribution in [0.1, 0.15) is 61.3 Å². The molecule has 0 aromatic rings. The summed E-state index contributed by atoms with van der Waals surface area (Å²) in [5.74, 6) is -2.13. The first-order valence-electron chi connectivity index (χ1n) is 11.4. The van der Waals surface area contributed by atoms with Crippen molar-refractivity contribution in [3.8, 4) is 0 Å². The minimum Gasteiger partial charge on any atom is -0.457 e. The van der Waals surface area contributed by atoms with Gasteiger partial charge in [-0.15, -0.1) is 0 Å². The topological polar surface area (TPSA) is 72.9 Å². The van der Waals surface area contributed by atoms with Gasteiger partial charge in [0.1, 0.15) is 11.2 Å². The van der Waals surface area contributed by atoms with Gasteiger partial charge in [0.25, 0.3) is 0 Å². The van der Waals surface area contributed by atoms with Crippen molar-refractivity contribution in [3.05, 3.63) is 22.4 Å². The van der Waals surface area contributed by atoms with Gasteiger partial charge in [0, 0.05) is 20.0 Å². The number of esters is 2. The van der Waals surface area contributed by atoms with Crippen LogP contribution in [0.2, 0.25) is 19.6 Å². The van der Waals surface area contributed by atoms with Gasteiger partial charge in [0.05, 0.1) is 25.1 Å². The van der Waals surface area contributed by atoms with Crippen LogP contribution < -0.4 is 0 Å². The molecule has 32 heavy (non-hydrogen) atoms. The highest BCUT2D eigenvalue weighted by Gasteiger charge is 2.45. The Hall–Kier alpha value is -1.89. The second-order valence-corrected chi connectivity index (χ2v) is 16.8. The highest BCUT2D eigenvalue weighted by Crippen LogP contribution is 2.42. The van der Waals surface area contributed by atoms with Crippen molar-refractivity contribution in [1.82, 2.24) is 4.90 Å². The number of carbonyl (C=O) groups is 3. The fourth-order valence-corrected chi connectivity index (χ4v) is 5.49. The molecule has 0 bridgehead atoms. The van der Waals surface area contributed by atoms with Gasteiger partial charge in [-0.25, -0.2) is 9.59 Å². The Balaban J connectivity index is 3.95. The van der Waals surface area contributed by atoms with E-state index < -0.39 is 43.1 Å². The van der Waals surface area contributed by atoms with Crippen LogP contribution >= 0.6 is 0 Å². The number of nitrogens with zero attached hydrogens (tertiary/aromatic N) is 1. The molecule has 0 aromatic heterocycles. The Morgan fingerprint density at radius 2 is 1.41 bits per heavy atom. The normalized spacial score (nSPS) is 19.9.